The van der Waals surface area contributed by atoms with Gasteiger partial charge < -0.3 is 4.74 Å². The second-order valence-corrected chi connectivity index (χ2v) is 7.40. The van der Waals surface area contributed by atoms with E-state index in [0.717, 1.165) is 36.0 Å². The van der Waals surface area contributed by atoms with Crippen molar-refractivity contribution in [2.45, 2.75) is 44.4 Å². The van der Waals surface area contributed by atoms with Crippen LogP contribution < -0.4 is 0 Å². The van der Waals surface area contributed by atoms with E-state index in [1.54, 1.807) is 0 Å². The molecular weight excluding hydrogens is 356 g/mol. The third kappa shape index (κ3) is 4.42. The molecule has 3 aromatic rings. The number of unbranched alkanes of at least 4 members (excludes halogenated alkanes) is 1. The Labute approximate surface area is 174 Å². The van der Waals surface area contributed by atoms with E-state index >= 15 is 0 Å². The molecule has 3 rings (SSSR count). The molecule has 0 saturated heterocycles. The summed E-state index contributed by atoms with van der Waals surface area (Å²) in [6.07, 6.45) is 2.95. The SMILES string of the molecule is CCCCC(c1ccccc1)(c1ccccc1)[C@H](C(=O)OCC)c1ccccc1. The average Bonchev–Trinajstić information content (AvgIpc) is 2.78. The summed E-state index contributed by atoms with van der Waals surface area (Å²) >= 11 is 0. The Hall–Kier alpha value is -2.87. The van der Waals surface area contributed by atoms with Gasteiger partial charge in [0.05, 0.1) is 12.5 Å². The van der Waals surface area contributed by atoms with Crippen molar-refractivity contribution in [2.24, 2.45) is 0 Å². The quantitative estimate of drug-likeness (QED) is 0.392. The van der Waals surface area contributed by atoms with Crippen LogP contribution in [0.4, 0.5) is 0 Å². The minimum absolute atomic E-state index is 0.164. The average molecular weight is 387 g/mol. The molecule has 0 amide bonds. The molecule has 0 N–H and O–H groups in total. The molecule has 0 fully saturated rings. The molecule has 0 saturated carbocycles. The van der Waals surface area contributed by atoms with Gasteiger partial charge in [0.15, 0.2) is 0 Å². The maximum absolute atomic E-state index is 13.5. The Bertz CT molecular complexity index is 833. The summed E-state index contributed by atoms with van der Waals surface area (Å²) < 4.78 is 5.65. The number of ether oxygens (including phenoxy) is 1. The van der Waals surface area contributed by atoms with Crippen molar-refractivity contribution in [1.29, 1.82) is 0 Å². The van der Waals surface area contributed by atoms with Crippen LogP contribution in [0.25, 0.3) is 0 Å². The third-order valence-corrected chi connectivity index (χ3v) is 5.65. The Morgan fingerprint density at radius 1 is 0.793 bits per heavy atom. The lowest BCUT2D eigenvalue weighted by Gasteiger charge is -2.41. The van der Waals surface area contributed by atoms with Crippen LogP contribution >= 0.6 is 0 Å². The molecule has 0 aromatic heterocycles. The van der Waals surface area contributed by atoms with E-state index in [1.165, 1.54) is 0 Å². The van der Waals surface area contributed by atoms with Crippen LogP contribution in [-0.4, -0.2) is 12.6 Å². The minimum Gasteiger partial charge on any atom is -0.465 e. The first-order valence-corrected chi connectivity index (χ1v) is 10.6. The summed E-state index contributed by atoms with van der Waals surface area (Å²) in [6, 6.07) is 31.0. The highest BCUT2D eigenvalue weighted by atomic mass is 16.5. The summed E-state index contributed by atoms with van der Waals surface area (Å²) in [7, 11) is 0. The molecule has 0 heterocycles. The van der Waals surface area contributed by atoms with Gasteiger partial charge in [-0.05, 0) is 30.0 Å². The largest absolute Gasteiger partial charge is 0.465 e. The summed E-state index contributed by atoms with van der Waals surface area (Å²) in [5.74, 6) is -0.581. The molecule has 150 valence electrons. The lowest BCUT2D eigenvalue weighted by molar-refractivity contribution is -0.146. The topological polar surface area (TPSA) is 26.3 Å². The highest BCUT2D eigenvalue weighted by Crippen LogP contribution is 2.49. The van der Waals surface area contributed by atoms with Crippen molar-refractivity contribution in [1.82, 2.24) is 0 Å². The zero-order chi connectivity index (χ0) is 20.5. The van der Waals surface area contributed by atoms with Crippen LogP contribution in [0.1, 0.15) is 55.7 Å². The summed E-state index contributed by atoms with van der Waals surface area (Å²) in [6.45, 7) is 4.44. The fraction of sp³-hybridized carbons (Fsp3) is 0.296. The van der Waals surface area contributed by atoms with E-state index in [4.69, 9.17) is 4.74 Å². The highest BCUT2D eigenvalue weighted by Gasteiger charge is 2.47. The molecule has 0 aliphatic heterocycles. The second kappa shape index (κ2) is 10.1. The predicted octanol–water partition coefficient (Wildman–Crippen LogP) is 6.51. The van der Waals surface area contributed by atoms with Crippen LogP contribution in [-0.2, 0) is 14.9 Å². The molecule has 0 aliphatic rings. The van der Waals surface area contributed by atoms with E-state index in [9.17, 15) is 4.79 Å². The van der Waals surface area contributed by atoms with Gasteiger partial charge in [-0.2, -0.15) is 0 Å². The van der Waals surface area contributed by atoms with Crippen molar-refractivity contribution in [3.63, 3.8) is 0 Å². The minimum atomic E-state index is -0.494. The van der Waals surface area contributed by atoms with Crippen molar-refractivity contribution >= 4 is 5.97 Å². The van der Waals surface area contributed by atoms with Gasteiger partial charge in [0.1, 0.15) is 0 Å². The van der Waals surface area contributed by atoms with E-state index < -0.39 is 11.3 Å². The Kier molecular flexibility index (Phi) is 7.24. The molecule has 0 bridgehead atoms. The Morgan fingerprint density at radius 3 is 1.72 bits per heavy atom. The molecule has 29 heavy (non-hydrogen) atoms. The van der Waals surface area contributed by atoms with Crippen LogP contribution in [0.2, 0.25) is 0 Å². The molecule has 0 unspecified atom stereocenters. The highest BCUT2D eigenvalue weighted by molar-refractivity contribution is 5.82. The summed E-state index contributed by atoms with van der Waals surface area (Å²) in [5.41, 5.74) is 2.81. The van der Waals surface area contributed by atoms with E-state index in [0.29, 0.717) is 6.61 Å². The van der Waals surface area contributed by atoms with Gasteiger partial charge in [-0.3, -0.25) is 4.79 Å². The van der Waals surface area contributed by atoms with Gasteiger partial charge in [-0.15, -0.1) is 0 Å². The molecule has 3 aromatic carbocycles. The smallest absolute Gasteiger partial charge is 0.314 e. The van der Waals surface area contributed by atoms with Crippen molar-refractivity contribution in [2.75, 3.05) is 6.61 Å². The fourth-order valence-electron chi connectivity index (χ4n) is 4.35. The fourth-order valence-corrected chi connectivity index (χ4v) is 4.35. The number of esters is 1. The lowest BCUT2D eigenvalue weighted by atomic mass is 9.61. The molecule has 2 nitrogen and oxygen atoms in total. The van der Waals surface area contributed by atoms with Gasteiger partial charge in [0, 0.05) is 5.41 Å². The first-order chi connectivity index (χ1) is 14.2. The first kappa shape index (κ1) is 20.9. The second-order valence-electron chi connectivity index (χ2n) is 7.40. The summed E-state index contributed by atoms with van der Waals surface area (Å²) in [5, 5.41) is 0. The van der Waals surface area contributed by atoms with Crippen LogP contribution in [0.5, 0.6) is 0 Å². The van der Waals surface area contributed by atoms with E-state index in [2.05, 4.69) is 55.5 Å². The molecular formula is C27H30O2. The van der Waals surface area contributed by atoms with Gasteiger partial charge in [0.2, 0.25) is 0 Å². The number of carbonyl (C=O) groups is 1. The van der Waals surface area contributed by atoms with Crippen molar-refractivity contribution in [3.8, 4) is 0 Å². The zero-order valence-electron chi connectivity index (χ0n) is 17.4. The number of benzene rings is 3. The maximum Gasteiger partial charge on any atom is 0.314 e. The van der Waals surface area contributed by atoms with Crippen molar-refractivity contribution < 1.29 is 9.53 Å². The third-order valence-electron chi connectivity index (χ3n) is 5.65. The van der Waals surface area contributed by atoms with Gasteiger partial charge in [-0.1, -0.05) is 111 Å². The standard InChI is InChI=1S/C27H30O2/c1-3-5-21-27(23-17-11-7-12-18-23,24-19-13-8-14-20-24)25(26(28)29-4-2)22-15-9-6-10-16-22/h6-20,25H,3-5,21H2,1-2H3/t25-/m0/s1. The normalized spacial score (nSPS) is 12.3. The van der Waals surface area contributed by atoms with Gasteiger partial charge in [-0.25, -0.2) is 0 Å². The number of hydrogen-bond donors (Lipinski definition) is 0. The Balaban J connectivity index is 2.32. The molecule has 0 aliphatic carbocycles. The summed E-state index contributed by atoms with van der Waals surface area (Å²) in [4.78, 5) is 13.5. The number of hydrogen-bond acceptors (Lipinski definition) is 2. The van der Waals surface area contributed by atoms with Gasteiger partial charge in [0.25, 0.3) is 0 Å². The molecule has 2 heteroatoms. The molecule has 0 spiro atoms. The lowest BCUT2D eigenvalue weighted by Crippen LogP contribution is -2.40. The van der Waals surface area contributed by atoms with E-state index in [1.807, 2.05) is 49.4 Å². The zero-order valence-corrected chi connectivity index (χ0v) is 17.4. The monoisotopic (exact) mass is 386 g/mol. The van der Waals surface area contributed by atoms with Gasteiger partial charge >= 0.3 is 5.97 Å². The first-order valence-electron chi connectivity index (χ1n) is 10.6. The number of rotatable bonds is 9. The molecule has 1 atom stereocenters. The predicted molar refractivity (Wildman–Crippen MR) is 119 cm³/mol. The van der Waals surface area contributed by atoms with Crippen LogP contribution in [0.15, 0.2) is 91.0 Å². The number of carbonyl (C=O) groups excluding carboxylic acids is 1. The molecule has 0 radical (unpaired) electrons. The van der Waals surface area contributed by atoms with E-state index in [-0.39, 0.29) is 5.97 Å². The maximum atomic E-state index is 13.5. The Morgan fingerprint density at radius 2 is 1.28 bits per heavy atom. The van der Waals surface area contributed by atoms with Crippen LogP contribution in [0.3, 0.4) is 0 Å². The van der Waals surface area contributed by atoms with Crippen molar-refractivity contribution in [3.05, 3.63) is 108 Å². The van der Waals surface area contributed by atoms with Crippen LogP contribution in [0, 0.1) is 0 Å².